The molecule has 2 N–H and O–H groups in total. The van der Waals surface area contributed by atoms with E-state index in [9.17, 15) is 0 Å². The Kier molecular flexibility index (Phi) is 2.18. The second-order valence-electron chi connectivity index (χ2n) is 4.22. The van der Waals surface area contributed by atoms with Crippen LogP contribution in [0.25, 0.3) is 10.9 Å². The van der Waals surface area contributed by atoms with Crippen LogP contribution in [0.2, 0.25) is 0 Å². The normalized spacial score (nSPS) is 21.2. The largest absolute Gasteiger partial charge is 0.314 e. The Balaban J connectivity index is 1.90. The fourth-order valence-electron chi connectivity index (χ4n) is 2.35. The number of nitrogens with one attached hydrogen (secondary N) is 2. The van der Waals surface area contributed by atoms with Crippen LogP contribution < -0.4 is 5.32 Å². The lowest BCUT2D eigenvalue weighted by Gasteiger charge is -2.07. The summed E-state index contributed by atoms with van der Waals surface area (Å²) in [6, 6.07) is 8.93. The molecule has 1 atom stereocenters. The van der Waals surface area contributed by atoms with Crippen LogP contribution in [-0.2, 0) is 6.42 Å². The van der Waals surface area contributed by atoms with Crippen LogP contribution in [0.3, 0.4) is 0 Å². The summed E-state index contributed by atoms with van der Waals surface area (Å²) in [5.74, 6) is 0. The standard InChI is InChI=1S/C12H15N3/c1-2-6-11-10(5-1)12(15-14-11)8-9-4-3-7-13-9/h1-2,5-6,9,13H,3-4,7-8H2,(H,14,15). The van der Waals surface area contributed by atoms with Gasteiger partial charge in [0.15, 0.2) is 0 Å². The molecular weight excluding hydrogens is 186 g/mol. The molecule has 2 heterocycles. The summed E-state index contributed by atoms with van der Waals surface area (Å²) in [7, 11) is 0. The topological polar surface area (TPSA) is 40.7 Å². The maximum absolute atomic E-state index is 4.31. The van der Waals surface area contributed by atoms with Crippen LogP contribution in [-0.4, -0.2) is 22.8 Å². The Bertz CT molecular complexity index is 455. The molecule has 0 bridgehead atoms. The van der Waals surface area contributed by atoms with Crippen molar-refractivity contribution in [1.29, 1.82) is 0 Å². The highest BCUT2D eigenvalue weighted by Gasteiger charge is 2.16. The average Bonchev–Trinajstić information content (AvgIpc) is 2.89. The molecule has 0 amide bonds. The van der Waals surface area contributed by atoms with Crippen molar-refractivity contribution in [2.75, 3.05) is 6.54 Å². The van der Waals surface area contributed by atoms with Crippen molar-refractivity contribution < 1.29 is 0 Å². The van der Waals surface area contributed by atoms with Gasteiger partial charge in [-0.15, -0.1) is 0 Å². The fourth-order valence-corrected chi connectivity index (χ4v) is 2.35. The number of benzene rings is 1. The number of rotatable bonds is 2. The number of para-hydroxylation sites is 1. The monoisotopic (exact) mass is 201 g/mol. The lowest BCUT2D eigenvalue weighted by molar-refractivity contribution is 0.596. The molecule has 1 saturated heterocycles. The van der Waals surface area contributed by atoms with Crippen molar-refractivity contribution in [2.24, 2.45) is 0 Å². The molecule has 1 unspecified atom stereocenters. The summed E-state index contributed by atoms with van der Waals surface area (Å²) in [6.07, 6.45) is 3.66. The van der Waals surface area contributed by atoms with Crippen LogP contribution >= 0.6 is 0 Å². The highest BCUT2D eigenvalue weighted by atomic mass is 15.1. The minimum Gasteiger partial charge on any atom is -0.314 e. The summed E-state index contributed by atoms with van der Waals surface area (Å²) in [5, 5.41) is 12.2. The van der Waals surface area contributed by atoms with E-state index in [4.69, 9.17) is 0 Å². The van der Waals surface area contributed by atoms with Crippen LogP contribution in [0.1, 0.15) is 18.5 Å². The van der Waals surface area contributed by atoms with E-state index in [1.54, 1.807) is 0 Å². The zero-order valence-corrected chi connectivity index (χ0v) is 8.66. The van der Waals surface area contributed by atoms with Crippen molar-refractivity contribution >= 4 is 10.9 Å². The van der Waals surface area contributed by atoms with Gasteiger partial charge in [0.05, 0.1) is 5.52 Å². The molecular formula is C12H15N3. The first kappa shape index (κ1) is 8.92. The van der Waals surface area contributed by atoms with E-state index in [0.29, 0.717) is 6.04 Å². The summed E-state index contributed by atoms with van der Waals surface area (Å²) in [4.78, 5) is 0. The average molecular weight is 201 g/mol. The minimum atomic E-state index is 0.633. The lowest BCUT2D eigenvalue weighted by atomic mass is 10.1. The van der Waals surface area contributed by atoms with E-state index < -0.39 is 0 Å². The molecule has 3 heteroatoms. The van der Waals surface area contributed by atoms with Crippen molar-refractivity contribution in [3.63, 3.8) is 0 Å². The maximum Gasteiger partial charge on any atom is 0.0923 e. The highest BCUT2D eigenvalue weighted by Crippen LogP contribution is 2.18. The second kappa shape index (κ2) is 3.66. The quantitative estimate of drug-likeness (QED) is 0.778. The Morgan fingerprint density at radius 3 is 3.13 bits per heavy atom. The molecule has 15 heavy (non-hydrogen) atoms. The molecule has 0 aliphatic carbocycles. The number of hydrogen-bond donors (Lipinski definition) is 2. The smallest absolute Gasteiger partial charge is 0.0923 e. The van der Waals surface area contributed by atoms with Crippen LogP contribution in [0.4, 0.5) is 0 Å². The molecule has 1 fully saturated rings. The van der Waals surface area contributed by atoms with Gasteiger partial charge in [-0.25, -0.2) is 0 Å². The van der Waals surface area contributed by atoms with E-state index in [0.717, 1.165) is 18.5 Å². The van der Waals surface area contributed by atoms with Gasteiger partial charge in [0.25, 0.3) is 0 Å². The predicted octanol–water partition coefficient (Wildman–Crippen LogP) is 1.86. The number of hydrogen-bond acceptors (Lipinski definition) is 2. The molecule has 1 aliphatic heterocycles. The van der Waals surface area contributed by atoms with Gasteiger partial charge in [-0.1, -0.05) is 18.2 Å². The van der Waals surface area contributed by atoms with E-state index in [2.05, 4.69) is 33.7 Å². The first-order valence-electron chi connectivity index (χ1n) is 5.59. The van der Waals surface area contributed by atoms with Crippen molar-refractivity contribution in [1.82, 2.24) is 15.5 Å². The third-order valence-corrected chi connectivity index (χ3v) is 3.15. The molecule has 0 radical (unpaired) electrons. The number of H-pyrrole nitrogens is 1. The van der Waals surface area contributed by atoms with Crippen molar-refractivity contribution in [3.05, 3.63) is 30.0 Å². The van der Waals surface area contributed by atoms with Gasteiger partial charge < -0.3 is 5.32 Å². The van der Waals surface area contributed by atoms with Gasteiger partial charge in [0, 0.05) is 23.5 Å². The summed E-state index contributed by atoms with van der Waals surface area (Å²) >= 11 is 0. The maximum atomic E-state index is 4.31. The van der Waals surface area contributed by atoms with Gasteiger partial charge >= 0.3 is 0 Å². The Morgan fingerprint density at radius 1 is 1.33 bits per heavy atom. The van der Waals surface area contributed by atoms with Gasteiger partial charge in [-0.2, -0.15) is 5.10 Å². The first-order chi connectivity index (χ1) is 7.43. The SMILES string of the molecule is c1ccc2c(CC3CCCN3)[nH]nc2c1. The van der Waals surface area contributed by atoms with Crippen LogP contribution in [0, 0.1) is 0 Å². The van der Waals surface area contributed by atoms with Gasteiger partial charge in [0.2, 0.25) is 0 Å². The van der Waals surface area contributed by atoms with Crippen LogP contribution in [0.15, 0.2) is 24.3 Å². The number of aromatic nitrogens is 2. The van der Waals surface area contributed by atoms with Crippen molar-refractivity contribution in [2.45, 2.75) is 25.3 Å². The van der Waals surface area contributed by atoms with E-state index >= 15 is 0 Å². The number of nitrogens with zero attached hydrogens (tertiary/aromatic N) is 1. The molecule has 1 aromatic heterocycles. The van der Waals surface area contributed by atoms with Crippen molar-refractivity contribution in [3.8, 4) is 0 Å². The molecule has 1 aromatic carbocycles. The third-order valence-electron chi connectivity index (χ3n) is 3.15. The number of aromatic amines is 1. The molecule has 1 aliphatic rings. The zero-order valence-electron chi connectivity index (χ0n) is 8.66. The number of fused-ring (bicyclic) bond motifs is 1. The highest BCUT2D eigenvalue weighted by molar-refractivity contribution is 5.81. The van der Waals surface area contributed by atoms with Gasteiger partial charge in [-0.3, -0.25) is 5.10 Å². The first-order valence-corrected chi connectivity index (χ1v) is 5.59. The third kappa shape index (κ3) is 1.63. The zero-order chi connectivity index (χ0) is 10.1. The molecule has 0 saturated carbocycles. The van der Waals surface area contributed by atoms with Crippen LogP contribution in [0.5, 0.6) is 0 Å². The Labute approximate surface area is 88.9 Å². The van der Waals surface area contributed by atoms with Gasteiger partial charge in [-0.05, 0) is 25.5 Å². The molecule has 3 rings (SSSR count). The van der Waals surface area contributed by atoms with Gasteiger partial charge in [0.1, 0.15) is 0 Å². The summed E-state index contributed by atoms with van der Waals surface area (Å²) < 4.78 is 0. The Hall–Kier alpha value is -1.35. The summed E-state index contributed by atoms with van der Waals surface area (Å²) in [5.41, 5.74) is 2.34. The fraction of sp³-hybridized carbons (Fsp3) is 0.417. The molecule has 3 nitrogen and oxygen atoms in total. The predicted molar refractivity (Wildman–Crippen MR) is 60.8 cm³/mol. The molecule has 0 spiro atoms. The molecule has 2 aromatic rings. The van der Waals surface area contributed by atoms with E-state index in [-0.39, 0.29) is 0 Å². The Morgan fingerprint density at radius 2 is 2.27 bits per heavy atom. The van der Waals surface area contributed by atoms with E-state index in [1.807, 2.05) is 6.07 Å². The summed E-state index contributed by atoms with van der Waals surface area (Å²) in [6.45, 7) is 1.16. The van der Waals surface area contributed by atoms with E-state index in [1.165, 1.54) is 23.9 Å². The molecule has 78 valence electrons. The lowest BCUT2D eigenvalue weighted by Crippen LogP contribution is -2.23. The second-order valence-corrected chi connectivity index (χ2v) is 4.22. The minimum absolute atomic E-state index is 0.633.